The van der Waals surface area contributed by atoms with Gasteiger partial charge >= 0.3 is 5.97 Å². The maximum atomic E-state index is 13.1. The Kier molecular flexibility index (Phi) is 10.3. The molecule has 0 aromatic heterocycles. The van der Waals surface area contributed by atoms with Crippen LogP contribution in [-0.4, -0.2) is 12.1 Å². The number of hydrogen-bond donors (Lipinski definition) is 0. The van der Waals surface area contributed by atoms with Crippen LogP contribution < -0.4 is 0 Å². The summed E-state index contributed by atoms with van der Waals surface area (Å²) in [4.78, 5) is 12.0. The molecule has 0 aliphatic rings. The molecular formula is C20H31FO2. The molecule has 0 bridgehead atoms. The van der Waals surface area contributed by atoms with Crippen LogP contribution in [-0.2, 0) is 4.74 Å². The first-order chi connectivity index (χ1) is 11.2. The summed E-state index contributed by atoms with van der Waals surface area (Å²) >= 11 is 0. The number of carbonyl (C=O) groups excluding carboxylic acids is 1. The second kappa shape index (κ2) is 12.1. The Morgan fingerprint density at radius 3 is 2.30 bits per heavy atom. The summed E-state index contributed by atoms with van der Waals surface area (Å²) in [6.45, 7) is 4.25. The number of carbonyl (C=O) groups is 1. The van der Waals surface area contributed by atoms with Gasteiger partial charge in [0.1, 0.15) is 11.9 Å². The molecule has 0 aliphatic carbocycles. The molecule has 2 nitrogen and oxygen atoms in total. The van der Waals surface area contributed by atoms with Gasteiger partial charge in [-0.25, -0.2) is 9.18 Å². The van der Waals surface area contributed by atoms with Crippen LogP contribution >= 0.6 is 0 Å². The Balaban J connectivity index is 2.20. The van der Waals surface area contributed by atoms with Gasteiger partial charge in [0, 0.05) is 0 Å². The van der Waals surface area contributed by atoms with Crippen LogP contribution in [0, 0.1) is 5.82 Å². The van der Waals surface area contributed by atoms with E-state index in [-0.39, 0.29) is 6.10 Å². The van der Waals surface area contributed by atoms with Crippen LogP contribution in [0.2, 0.25) is 0 Å². The van der Waals surface area contributed by atoms with Gasteiger partial charge in [0.15, 0.2) is 0 Å². The molecule has 1 aromatic rings. The summed E-state index contributed by atoms with van der Waals surface area (Å²) in [5, 5.41) is 0. The minimum Gasteiger partial charge on any atom is -0.459 e. The summed E-state index contributed by atoms with van der Waals surface area (Å²) in [7, 11) is 0. The lowest BCUT2D eigenvalue weighted by molar-refractivity contribution is 0.0266. The first-order valence-corrected chi connectivity index (χ1v) is 9.14. The van der Waals surface area contributed by atoms with Crippen molar-refractivity contribution in [3.05, 3.63) is 35.6 Å². The molecule has 23 heavy (non-hydrogen) atoms. The van der Waals surface area contributed by atoms with Crippen molar-refractivity contribution in [3.63, 3.8) is 0 Å². The van der Waals surface area contributed by atoms with Crippen LogP contribution in [0.5, 0.6) is 0 Å². The van der Waals surface area contributed by atoms with Crippen LogP contribution in [0.4, 0.5) is 4.39 Å². The van der Waals surface area contributed by atoms with Crippen molar-refractivity contribution in [1.82, 2.24) is 0 Å². The monoisotopic (exact) mass is 322 g/mol. The molecule has 0 N–H and O–H groups in total. The van der Waals surface area contributed by atoms with E-state index in [4.69, 9.17) is 4.74 Å². The summed E-state index contributed by atoms with van der Waals surface area (Å²) < 4.78 is 18.6. The van der Waals surface area contributed by atoms with Crippen molar-refractivity contribution < 1.29 is 13.9 Å². The number of esters is 1. The molecule has 0 saturated carbocycles. The summed E-state index contributed by atoms with van der Waals surface area (Å²) in [5.41, 5.74) is 0.291. The van der Waals surface area contributed by atoms with Crippen molar-refractivity contribution in [2.45, 2.75) is 84.2 Å². The predicted octanol–water partition coefficient (Wildman–Crippen LogP) is 6.29. The molecule has 1 atom stereocenters. The molecule has 0 spiro atoms. The standard InChI is InChI=1S/C20H31FO2/c1-3-5-6-7-8-9-10-11-15-19(4-2)23-20(22)17-13-12-14-18(21)16-17/h12-14,16,19H,3-11,15H2,1-2H3. The summed E-state index contributed by atoms with van der Waals surface area (Å²) in [6.07, 6.45) is 11.8. The van der Waals surface area contributed by atoms with Crippen LogP contribution in [0.15, 0.2) is 24.3 Å². The third-order valence-corrected chi connectivity index (χ3v) is 4.17. The fourth-order valence-corrected chi connectivity index (χ4v) is 2.69. The largest absolute Gasteiger partial charge is 0.459 e. The average Bonchev–Trinajstić information content (AvgIpc) is 2.56. The lowest BCUT2D eigenvalue weighted by Crippen LogP contribution is -2.17. The molecule has 1 rings (SSSR count). The third-order valence-electron chi connectivity index (χ3n) is 4.17. The normalized spacial score (nSPS) is 12.1. The molecule has 3 heteroatoms. The van der Waals surface area contributed by atoms with E-state index in [1.54, 1.807) is 6.07 Å². The van der Waals surface area contributed by atoms with Gasteiger partial charge in [0.2, 0.25) is 0 Å². The van der Waals surface area contributed by atoms with Crippen molar-refractivity contribution >= 4 is 5.97 Å². The fourth-order valence-electron chi connectivity index (χ4n) is 2.69. The number of hydrogen-bond acceptors (Lipinski definition) is 2. The van der Waals surface area contributed by atoms with Crippen molar-refractivity contribution in [2.24, 2.45) is 0 Å². The van der Waals surface area contributed by atoms with Gasteiger partial charge in [-0.1, -0.05) is 64.9 Å². The number of halogens is 1. The van der Waals surface area contributed by atoms with E-state index in [0.717, 1.165) is 19.3 Å². The predicted molar refractivity (Wildman–Crippen MR) is 93.1 cm³/mol. The van der Waals surface area contributed by atoms with E-state index >= 15 is 0 Å². The quantitative estimate of drug-likeness (QED) is 0.334. The van der Waals surface area contributed by atoms with Crippen LogP contribution in [0.1, 0.15) is 88.4 Å². The van der Waals surface area contributed by atoms with E-state index in [1.165, 1.54) is 63.1 Å². The first kappa shape index (κ1) is 19.7. The van der Waals surface area contributed by atoms with Crippen LogP contribution in [0.25, 0.3) is 0 Å². The van der Waals surface area contributed by atoms with E-state index < -0.39 is 11.8 Å². The highest BCUT2D eigenvalue weighted by atomic mass is 19.1. The molecular weight excluding hydrogens is 291 g/mol. The van der Waals surface area contributed by atoms with Gasteiger partial charge in [0.25, 0.3) is 0 Å². The molecule has 0 heterocycles. The van der Waals surface area contributed by atoms with E-state index in [0.29, 0.717) is 5.56 Å². The highest BCUT2D eigenvalue weighted by molar-refractivity contribution is 5.89. The SMILES string of the molecule is CCCCCCCCCCC(CC)OC(=O)c1cccc(F)c1. The number of unbranched alkanes of at least 4 members (excludes halogenated alkanes) is 7. The fraction of sp³-hybridized carbons (Fsp3) is 0.650. The zero-order valence-corrected chi connectivity index (χ0v) is 14.7. The van der Waals surface area contributed by atoms with Gasteiger partial charge in [0.05, 0.1) is 5.56 Å². The molecule has 0 radical (unpaired) electrons. The van der Waals surface area contributed by atoms with E-state index in [1.807, 2.05) is 6.92 Å². The minimum absolute atomic E-state index is 0.0640. The van der Waals surface area contributed by atoms with Gasteiger partial charge in [-0.2, -0.15) is 0 Å². The molecule has 0 fully saturated rings. The van der Waals surface area contributed by atoms with E-state index in [9.17, 15) is 9.18 Å². The smallest absolute Gasteiger partial charge is 0.338 e. The number of ether oxygens (including phenoxy) is 1. The lowest BCUT2D eigenvalue weighted by atomic mass is 10.0. The first-order valence-electron chi connectivity index (χ1n) is 9.14. The highest BCUT2D eigenvalue weighted by Crippen LogP contribution is 2.15. The van der Waals surface area contributed by atoms with Gasteiger partial charge < -0.3 is 4.74 Å². The van der Waals surface area contributed by atoms with Gasteiger partial charge in [-0.3, -0.25) is 0 Å². The maximum Gasteiger partial charge on any atom is 0.338 e. The Morgan fingerprint density at radius 1 is 1.04 bits per heavy atom. The Hall–Kier alpha value is -1.38. The van der Waals surface area contributed by atoms with Crippen LogP contribution in [0.3, 0.4) is 0 Å². The molecule has 1 aromatic carbocycles. The topological polar surface area (TPSA) is 26.3 Å². The lowest BCUT2D eigenvalue weighted by Gasteiger charge is -2.16. The zero-order chi connectivity index (χ0) is 16.9. The number of rotatable bonds is 12. The van der Waals surface area contributed by atoms with Gasteiger partial charge in [-0.15, -0.1) is 0 Å². The zero-order valence-electron chi connectivity index (χ0n) is 14.7. The van der Waals surface area contributed by atoms with Crippen molar-refractivity contribution in [1.29, 1.82) is 0 Å². The Morgan fingerprint density at radius 2 is 1.70 bits per heavy atom. The molecule has 0 saturated heterocycles. The van der Waals surface area contributed by atoms with E-state index in [2.05, 4.69) is 6.92 Å². The van der Waals surface area contributed by atoms with Gasteiger partial charge in [-0.05, 0) is 37.5 Å². The number of benzene rings is 1. The molecule has 0 amide bonds. The summed E-state index contributed by atoms with van der Waals surface area (Å²) in [6, 6.07) is 5.68. The van der Waals surface area contributed by atoms with Crippen molar-refractivity contribution in [2.75, 3.05) is 0 Å². The average molecular weight is 322 g/mol. The Labute approximate surface area is 140 Å². The molecule has 1 unspecified atom stereocenters. The maximum absolute atomic E-state index is 13.1. The summed E-state index contributed by atoms with van der Waals surface area (Å²) in [5.74, 6) is -0.827. The minimum atomic E-state index is -0.420. The second-order valence-electron chi connectivity index (χ2n) is 6.21. The third kappa shape index (κ3) is 8.73. The highest BCUT2D eigenvalue weighted by Gasteiger charge is 2.14. The van der Waals surface area contributed by atoms with Crippen molar-refractivity contribution in [3.8, 4) is 0 Å². The second-order valence-corrected chi connectivity index (χ2v) is 6.21. The molecule has 130 valence electrons. The molecule has 0 aliphatic heterocycles. The Bertz CT molecular complexity index is 445.